The highest BCUT2D eigenvalue weighted by atomic mass is 32.1. The zero-order valence-electron chi connectivity index (χ0n) is 14.5. The number of nitrogens with zero attached hydrogens (tertiary/aromatic N) is 2. The number of carbonyl (C=O) groups is 1. The Hall–Kier alpha value is -1.88. The number of aryl methyl sites for hydroxylation is 1. The fourth-order valence-corrected chi connectivity index (χ4v) is 4.12. The fraction of sp³-hybridized carbons (Fsp3) is 0.474. The average Bonchev–Trinajstić information content (AvgIpc) is 2.96. The second kappa shape index (κ2) is 7.34. The van der Waals surface area contributed by atoms with Crippen molar-refractivity contribution >= 4 is 17.2 Å². The molecular weight excluding hydrogens is 320 g/mol. The van der Waals surface area contributed by atoms with Gasteiger partial charge in [0.05, 0.1) is 24.8 Å². The Bertz CT molecular complexity index is 718. The molecule has 0 spiro atoms. The predicted molar refractivity (Wildman–Crippen MR) is 97.5 cm³/mol. The van der Waals surface area contributed by atoms with Crippen LogP contribution in [0, 0.1) is 12.8 Å². The molecule has 3 rings (SSSR count). The molecule has 1 aliphatic heterocycles. The monoisotopic (exact) mass is 344 g/mol. The number of hydrogen-bond acceptors (Lipinski definition) is 4. The first kappa shape index (κ1) is 17.0. The lowest BCUT2D eigenvalue weighted by Crippen LogP contribution is -2.38. The Morgan fingerprint density at radius 1 is 1.33 bits per heavy atom. The largest absolute Gasteiger partial charge is 0.496 e. The number of hydrogen-bond donors (Lipinski definition) is 0. The number of benzene rings is 1. The molecule has 1 fully saturated rings. The molecule has 24 heavy (non-hydrogen) atoms. The third-order valence-electron chi connectivity index (χ3n) is 4.68. The minimum absolute atomic E-state index is 0.222. The normalized spacial score (nSPS) is 15.5. The lowest BCUT2D eigenvalue weighted by Gasteiger charge is -2.30. The van der Waals surface area contributed by atoms with Gasteiger partial charge in [-0.25, -0.2) is 4.98 Å². The van der Waals surface area contributed by atoms with Crippen molar-refractivity contribution in [2.45, 2.75) is 33.1 Å². The van der Waals surface area contributed by atoms with Gasteiger partial charge in [-0.15, -0.1) is 11.3 Å². The molecule has 5 heteroatoms. The van der Waals surface area contributed by atoms with Crippen molar-refractivity contribution < 1.29 is 9.53 Å². The van der Waals surface area contributed by atoms with Gasteiger partial charge in [0, 0.05) is 18.0 Å². The molecular formula is C19H24N2O2S. The summed E-state index contributed by atoms with van der Waals surface area (Å²) in [6, 6.07) is 7.87. The van der Waals surface area contributed by atoms with Gasteiger partial charge in [0.15, 0.2) is 0 Å². The number of likely N-dealkylation sites (tertiary alicyclic amines) is 1. The van der Waals surface area contributed by atoms with Crippen LogP contribution in [0.25, 0.3) is 10.6 Å². The lowest BCUT2D eigenvalue weighted by molar-refractivity contribution is -0.131. The molecule has 1 amide bonds. The van der Waals surface area contributed by atoms with E-state index in [1.54, 1.807) is 18.4 Å². The predicted octanol–water partition coefficient (Wildman–Crippen LogP) is 3.93. The smallest absolute Gasteiger partial charge is 0.227 e. The topological polar surface area (TPSA) is 42.4 Å². The summed E-state index contributed by atoms with van der Waals surface area (Å²) in [6.45, 7) is 6.01. The van der Waals surface area contributed by atoms with Crippen LogP contribution in [0.1, 0.15) is 30.3 Å². The molecule has 0 radical (unpaired) electrons. The summed E-state index contributed by atoms with van der Waals surface area (Å²) in [5, 5.41) is 0.917. The van der Waals surface area contributed by atoms with Crippen LogP contribution >= 0.6 is 11.3 Å². The van der Waals surface area contributed by atoms with Crippen molar-refractivity contribution in [3.8, 4) is 16.3 Å². The van der Waals surface area contributed by atoms with E-state index in [2.05, 4.69) is 11.9 Å². The summed E-state index contributed by atoms with van der Waals surface area (Å²) in [7, 11) is 1.67. The van der Waals surface area contributed by atoms with Gasteiger partial charge in [-0.2, -0.15) is 0 Å². The SMILES string of the molecule is COc1ccccc1-c1nc(C)c(CC(=O)N2CCC(C)CC2)s1. The number of methoxy groups -OCH3 is 1. The Labute approximate surface area is 147 Å². The van der Waals surface area contributed by atoms with E-state index in [0.717, 1.165) is 58.7 Å². The van der Waals surface area contributed by atoms with Crippen molar-refractivity contribution in [3.63, 3.8) is 0 Å². The summed E-state index contributed by atoms with van der Waals surface area (Å²) in [6.07, 6.45) is 2.67. The highest BCUT2D eigenvalue weighted by molar-refractivity contribution is 7.15. The van der Waals surface area contributed by atoms with Gasteiger partial charge < -0.3 is 9.64 Å². The van der Waals surface area contributed by atoms with E-state index in [4.69, 9.17) is 4.74 Å². The fourth-order valence-electron chi connectivity index (χ4n) is 3.04. The number of amides is 1. The summed E-state index contributed by atoms with van der Waals surface area (Å²) >= 11 is 1.60. The molecule has 128 valence electrons. The van der Waals surface area contributed by atoms with Gasteiger partial charge in [0.1, 0.15) is 10.8 Å². The Kier molecular flexibility index (Phi) is 5.19. The van der Waals surface area contributed by atoms with Crippen LogP contribution in [-0.2, 0) is 11.2 Å². The van der Waals surface area contributed by atoms with Gasteiger partial charge in [-0.1, -0.05) is 19.1 Å². The molecule has 0 atom stereocenters. The number of para-hydroxylation sites is 1. The van der Waals surface area contributed by atoms with Crippen molar-refractivity contribution in [2.75, 3.05) is 20.2 Å². The number of ether oxygens (including phenoxy) is 1. The number of carbonyl (C=O) groups excluding carboxylic acids is 1. The van der Waals surface area contributed by atoms with E-state index in [-0.39, 0.29) is 5.91 Å². The van der Waals surface area contributed by atoms with Gasteiger partial charge >= 0.3 is 0 Å². The van der Waals surface area contributed by atoms with E-state index >= 15 is 0 Å². The molecule has 2 aromatic rings. The molecule has 0 aliphatic carbocycles. The molecule has 1 aromatic carbocycles. The first-order valence-electron chi connectivity index (χ1n) is 8.46. The number of rotatable bonds is 4. The molecule has 0 N–H and O–H groups in total. The molecule has 1 aliphatic rings. The Morgan fingerprint density at radius 3 is 2.75 bits per heavy atom. The molecule has 0 unspecified atom stereocenters. The lowest BCUT2D eigenvalue weighted by atomic mass is 9.99. The standard InChI is InChI=1S/C19H24N2O2S/c1-13-8-10-21(11-9-13)18(22)12-17-14(2)20-19(24-17)15-6-4-5-7-16(15)23-3/h4-7,13H,8-12H2,1-3H3. The molecule has 1 aromatic heterocycles. The van der Waals surface area contributed by atoms with E-state index in [1.807, 2.05) is 36.1 Å². The van der Waals surface area contributed by atoms with Crippen molar-refractivity contribution in [2.24, 2.45) is 5.92 Å². The Balaban J connectivity index is 1.76. The second-order valence-corrected chi connectivity index (χ2v) is 7.55. The Morgan fingerprint density at radius 2 is 2.04 bits per heavy atom. The highest BCUT2D eigenvalue weighted by Crippen LogP contribution is 2.34. The van der Waals surface area contributed by atoms with Crippen LogP contribution < -0.4 is 4.74 Å². The zero-order chi connectivity index (χ0) is 17.1. The molecule has 4 nitrogen and oxygen atoms in total. The molecule has 1 saturated heterocycles. The van der Waals surface area contributed by atoms with Crippen LogP contribution in [0.2, 0.25) is 0 Å². The molecule has 0 saturated carbocycles. The van der Waals surface area contributed by atoms with E-state index in [0.29, 0.717) is 6.42 Å². The van der Waals surface area contributed by atoms with Crippen LogP contribution in [0.3, 0.4) is 0 Å². The van der Waals surface area contributed by atoms with Crippen LogP contribution in [0.4, 0.5) is 0 Å². The first-order valence-corrected chi connectivity index (χ1v) is 9.27. The van der Waals surface area contributed by atoms with Crippen molar-refractivity contribution in [1.82, 2.24) is 9.88 Å². The van der Waals surface area contributed by atoms with E-state index in [9.17, 15) is 4.79 Å². The number of aromatic nitrogens is 1. The van der Waals surface area contributed by atoms with Crippen LogP contribution in [0.15, 0.2) is 24.3 Å². The van der Waals surface area contributed by atoms with E-state index < -0.39 is 0 Å². The molecule has 0 bridgehead atoms. The summed E-state index contributed by atoms with van der Waals surface area (Å²) in [4.78, 5) is 20.3. The first-order chi connectivity index (χ1) is 11.6. The third kappa shape index (κ3) is 3.61. The third-order valence-corrected chi connectivity index (χ3v) is 5.87. The van der Waals surface area contributed by atoms with Crippen LogP contribution in [-0.4, -0.2) is 36.0 Å². The average molecular weight is 344 g/mol. The van der Waals surface area contributed by atoms with Gasteiger partial charge in [0.2, 0.25) is 5.91 Å². The minimum atomic E-state index is 0.222. The van der Waals surface area contributed by atoms with E-state index in [1.165, 1.54) is 0 Å². The summed E-state index contributed by atoms with van der Waals surface area (Å²) in [5.74, 6) is 1.77. The van der Waals surface area contributed by atoms with Crippen molar-refractivity contribution in [3.05, 3.63) is 34.8 Å². The van der Waals surface area contributed by atoms with Gasteiger partial charge in [-0.05, 0) is 37.8 Å². The molecule has 2 heterocycles. The van der Waals surface area contributed by atoms with Gasteiger partial charge in [-0.3, -0.25) is 4.79 Å². The van der Waals surface area contributed by atoms with Gasteiger partial charge in [0.25, 0.3) is 0 Å². The van der Waals surface area contributed by atoms with Crippen molar-refractivity contribution in [1.29, 1.82) is 0 Å². The number of piperidine rings is 1. The maximum Gasteiger partial charge on any atom is 0.227 e. The summed E-state index contributed by atoms with van der Waals surface area (Å²) < 4.78 is 5.43. The van der Waals surface area contributed by atoms with Crippen LogP contribution in [0.5, 0.6) is 5.75 Å². The second-order valence-electron chi connectivity index (χ2n) is 6.47. The number of thiazole rings is 1. The zero-order valence-corrected chi connectivity index (χ0v) is 15.4. The maximum absolute atomic E-state index is 12.6. The highest BCUT2D eigenvalue weighted by Gasteiger charge is 2.22. The minimum Gasteiger partial charge on any atom is -0.496 e. The summed E-state index contributed by atoms with van der Waals surface area (Å²) in [5.41, 5.74) is 1.93. The maximum atomic E-state index is 12.6. The quantitative estimate of drug-likeness (QED) is 0.844.